The number of carboxylic acid groups (broad SMARTS) is 1. The van der Waals surface area contributed by atoms with E-state index in [1.807, 2.05) is 0 Å². The Morgan fingerprint density at radius 1 is 0.816 bits per heavy atom. The highest BCUT2D eigenvalue weighted by molar-refractivity contribution is 7.81. The summed E-state index contributed by atoms with van der Waals surface area (Å²) in [5.74, 6) is -3.80. The standard InChI is InChI=1S/C22H38N2O23S2/c1-6(28)23-8(3-25)15(16(9(30)4-26)46-48(36,37)38)43-22-14(33)13(32)18(19(45-22)20(34)35)44-21-11(24-7(2)29)12(31)17(10(5-27)42-21)47-49(39,40)41/h8-19,21-22,25-27,30-33H,3-5H2,1-2H3,(H,23,28)(H,24,29)(H,34,35)(H,36,37,38)(H,39,40,41)/t8-,9+,10+,11+,12+,13+,14+,15+,16-,17-,18-,19-,21-,22+/m0/s1. The van der Waals surface area contributed by atoms with E-state index in [0.717, 1.165) is 13.8 Å². The molecule has 0 aromatic heterocycles. The summed E-state index contributed by atoms with van der Waals surface area (Å²) in [4.78, 5) is 35.9. The smallest absolute Gasteiger partial charge is 0.397 e. The van der Waals surface area contributed by atoms with Gasteiger partial charge in [0.1, 0.15) is 61.0 Å². The molecule has 2 fully saturated rings. The molecule has 0 aromatic rings. The molecule has 2 amide bonds. The lowest BCUT2D eigenvalue weighted by molar-refractivity contribution is -0.348. The molecule has 0 aromatic carbocycles. The fourth-order valence-electron chi connectivity index (χ4n) is 4.92. The van der Waals surface area contributed by atoms with Crippen molar-refractivity contribution in [2.24, 2.45) is 0 Å². The average molecular weight is 763 g/mol. The Balaban J connectivity index is 2.51. The molecule has 25 nitrogen and oxygen atoms in total. The number of hydrogen-bond acceptors (Lipinski definition) is 20. The molecule has 2 aliphatic heterocycles. The first-order valence-corrected chi connectivity index (χ1v) is 16.5. The van der Waals surface area contributed by atoms with Crippen molar-refractivity contribution >= 4 is 38.6 Å². The maximum Gasteiger partial charge on any atom is 0.397 e. The maximum absolute atomic E-state index is 12.3. The van der Waals surface area contributed by atoms with Crippen LogP contribution in [-0.4, -0.2) is 190 Å². The Labute approximate surface area is 277 Å². The number of aliphatic carboxylic acids is 1. The molecule has 0 saturated carbocycles. The molecule has 286 valence electrons. The summed E-state index contributed by atoms with van der Waals surface area (Å²) in [6.07, 6.45) is -27.1. The van der Waals surface area contributed by atoms with Crippen LogP contribution in [0.1, 0.15) is 13.8 Å². The number of nitrogens with one attached hydrogen (secondary N) is 2. The molecule has 0 bridgehead atoms. The van der Waals surface area contributed by atoms with Gasteiger partial charge in [0.05, 0.1) is 25.9 Å². The topological polar surface area (TPSA) is 401 Å². The highest BCUT2D eigenvalue weighted by atomic mass is 32.3. The first-order chi connectivity index (χ1) is 22.5. The molecule has 27 heteroatoms. The molecule has 2 heterocycles. The molecule has 0 aliphatic carbocycles. The van der Waals surface area contributed by atoms with E-state index in [9.17, 15) is 76.6 Å². The number of hydrogen-bond donors (Lipinski definition) is 12. The van der Waals surface area contributed by atoms with E-state index in [0.29, 0.717) is 0 Å². The van der Waals surface area contributed by atoms with Crippen LogP contribution in [0.3, 0.4) is 0 Å². The van der Waals surface area contributed by atoms with Crippen LogP contribution in [0, 0.1) is 0 Å². The second kappa shape index (κ2) is 17.8. The summed E-state index contributed by atoms with van der Waals surface area (Å²) in [6.45, 7) is -1.75. The fourth-order valence-corrected chi connectivity index (χ4v) is 5.95. The van der Waals surface area contributed by atoms with Gasteiger partial charge in [0, 0.05) is 13.8 Å². The largest absolute Gasteiger partial charge is 0.479 e. The van der Waals surface area contributed by atoms with E-state index < -0.39 is 144 Å². The van der Waals surface area contributed by atoms with Crippen molar-refractivity contribution in [2.45, 2.75) is 99.6 Å². The van der Waals surface area contributed by atoms with Crippen molar-refractivity contribution in [1.29, 1.82) is 0 Å². The van der Waals surface area contributed by atoms with Gasteiger partial charge in [0.2, 0.25) is 11.8 Å². The van der Waals surface area contributed by atoms with E-state index in [4.69, 9.17) is 23.5 Å². The van der Waals surface area contributed by atoms with Crippen molar-refractivity contribution in [3.8, 4) is 0 Å². The van der Waals surface area contributed by atoms with Crippen LogP contribution < -0.4 is 10.6 Å². The van der Waals surface area contributed by atoms with Gasteiger partial charge in [0.15, 0.2) is 18.7 Å². The van der Waals surface area contributed by atoms with Gasteiger partial charge < -0.3 is 70.4 Å². The Bertz CT molecular complexity index is 1350. The Morgan fingerprint density at radius 3 is 1.88 bits per heavy atom. The van der Waals surface area contributed by atoms with Crippen molar-refractivity contribution < 1.29 is 108 Å². The predicted molar refractivity (Wildman–Crippen MR) is 148 cm³/mol. The van der Waals surface area contributed by atoms with Gasteiger partial charge in [-0.2, -0.15) is 16.8 Å². The average Bonchev–Trinajstić information content (AvgIpc) is 2.98. The number of carbonyl (C=O) groups is 3. The lowest BCUT2D eigenvalue weighted by Gasteiger charge is -2.47. The highest BCUT2D eigenvalue weighted by Gasteiger charge is 2.55. The van der Waals surface area contributed by atoms with Crippen LogP contribution in [0.5, 0.6) is 0 Å². The third-order valence-electron chi connectivity index (χ3n) is 6.93. The van der Waals surface area contributed by atoms with Crippen LogP contribution in [0.4, 0.5) is 0 Å². The molecular weight excluding hydrogens is 724 g/mol. The zero-order valence-corrected chi connectivity index (χ0v) is 26.9. The monoisotopic (exact) mass is 762 g/mol. The first kappa shape index (κ1) is 42.9. The van der Waals surface area contributed by atoms with Crippen molar-refractivity contribution in [3.63, 3.8) is 0 Å². The molecule has 49 heavy (non-hydrogen) atoms. The van der Waals surface area contributed by atoms with E-state index in [1.54, 1.807) is 0 Å². The summed E-state index contributed by atoms with van der Waals surface area (Å²) in [5, 5.41) is 86.0. The summed E-state index contributed by atoms with van der Waals surface area (Å²) < 4.78 is 94.2. The molecule has 2 saturated heterocycles. The quantitative estimate of drug-likeness (QED) is 0.0612. The normalized spacial score (nSPS) is 33.5. The third-order valence-corrected chi connectivity index (χ3v) is 7.86. The second-order valence-electron chi connectivity index (χ2n) is 10.6. The number of ether oxygens (including phenoxy) is 4. The first-order valence-electron chi connectivity index (χ1n) is 13.8. The van der Waals surface area contributed by atoms with Gasteiger partial charge in [-0.25, -0.2) is 13.2 Å². The van der Waals surface area contributed by atoms with Crippen LogP contribution in [0.25, 0.3) is 0 Å². The second-order valence-corrected chi connectivity index (χ2v) is 12.7. The Hall–Kier alpha value is -2.29. The molecule has 12 N–H and O–H groups in total. The van der Waals surface area contributed by atoms with Crippen LogP contribution in [0.15, 0.2) is 0 Å². The highest BCUT2D eigenvalue weighted by Crippen LogP contribution is 2.32. The molecule has 2 rings (SSSR count). The zero-order valence-electron chi connectivity index (χ0n) is 25.3. The van der Waals surface area contributed by atoms with Crippen LogP contribution in [0.2, 0.25) is 0 Å². The van der Waals surface area contributed by atoms with Crippen LogP contribution in [-0.2, 0) is 62.5 Å². The SMILES string of the molecule is CC(=O)N[C@H]1[C@H](O[C@H]2[C@H](O)[C@@H](O)[C@H](O[C@@H]([C@@H](OS(=O)(=O)O)[C@H](O)CO)[C@H](CO)NC(C)=O)O[C@@H]2C(=O)O)O[C@H](CO)[C@H](OS(=O)(=O)O)[C@@H]1O. The predicted octanol–water partition coefficient (Wildman–Crippen LogP) is -7.90. The van der Waals surface area contributed by atoms with Gasteiger partial charge in [0.25, 0.3) is 0 Å². The number of carbonyl (C=O) groups excluding carboxylic acids is 2. The lowest BCUT2D eigenvalue weighted by atomic mass is 9.95. The molecule has 14 atom stereocenters. The summed E-state index contributed by atoms with van der Waals surface area (Å²) >= 11 is 0. The van der Waals surface area contributed by atoms with E-state index in [2.05, 4.69) is 19.0 Å². The summed E-state index contributed by atoms with van der Waals surface area (Å²) in [7, 11) is -10.8. The Kier molecular flexibility index (Phi) is 15.5. The van der Waals surface area contributed by atoms with Crippen molar-refractivity contribution in [1.82, 2.24) is 10.6 Å². The molecule has 0 radical (unpaired) electrons. The maximum atomic E-state index is 12.3. The van der Waals surface area contributed by atoms with Gasteiger partial charge >= 0.3 is 26.8 Å². The number of rotatable bonds is 17. The molecule has 2 aliphatic rings. The van der Waals surface area contributed by atoms with Crippen molar-refractivity contribution in [2.75, 3.05) is 19.8 Å². The van der Waals surface area contributed by atoms with Crippen molar-refractivity contribution in [3.05, 3.63) is 0 Å². The summed E-state index contributed by atoms with van der Waals surface area (Å²) in [6, 6.07) is -3.69. The minimum Gasteiger partial charge on any atom is -0.479 e. The fraction of sp³-hybridized carbons (Fsp3) is 0.864. The number of amides is 2. The van der Waals surface area contributed by atoms with E-state index in [-0.39, 0.29) is 0 Å². The zero-order chi connectivity index (χ0) is 37.6. The van der Waals surface area contributed by atoms with E-state index >= 15 is 0 Å². The molecule has 0 unspecified atom stereocenters. The minimum absolute atomic E-state index is 0.910. The number of aliphatic hydroxyl groups is 7. The van der Waals surface area contributed by atoms with Gasteiger partial charge in [-0.15, -0.1) is 0 Å². The van der Waals surface area contributed by atoms with E-state index in [1.165, 1.54) is 0 Å². The van der Waals surface area contributed by atoms with Gasteiger partial charge in [-0.1, -0.05) is 0 Å². The number of aliphatic hydroxyl groups excluding tert-OH is 7. The Morgan fingerprint density at radius 2 is 1.43 bits per heavy atom. The minimum atomic E-state index is -5.50. The van der Waals surface area contributed by atoms with Gasteiger partial charge in [-0.3, -0.25) is 18.7 Å². The molecular formula is C22H38N2O23S2. The molecule has 0 spiro atoms. The third kappa shape index (κ3) is 11.9. The lowest BCUT2D eigenvalue weighted by Crippen LogP contribution is -2.69. The summed E-state index contributed by atoms with van der Waals surface area (Å²) in [5.41, 5.74) is 0. The van der Waals surface area contributed by atoms with Crippen LogP contribution >= 0.6 is 0 Å². The number of carboxylic acids is 1. The van der Waals surface area contributed by atoms with Gasteiger partial charge in [-0.05, 0) is 0 Å².